The number of hydrogen-bond acceptors (Lipinski definition) is 5. The molecule has 0 saturated carbocycles. The molecule has 9 heteroatoms. The number of nitrogens with zero attached hydrogens (tertiary/aromatic N) is 1. The summed E-state index contributed by atoms with van der Waals surface area (Å²) in [6, 6.07) is 11.7. The summed E-state index contributed by atoms with van der Waals surface area (Å²) in [4.78, 5) is 40.6. The Morgan fingerprint density at radius 1 is 1.14 bits per heavy atom. The number of benzene rings is 2. The lowest BCUT2D eigenvalue weighted by Crippen LogP contribution is -2.53. The predicted octanol–water partition coefficient (Wildman–Crippen LogP) is 3.04. The average Bonchev–Trinajstić information content (AvgIpc) is 2.88. The summed E-state index contributed by atoms with van der Waals surface area (Å²) < 4.78 is 19.7. The van der Waals surface area contributed by atoms with Crippen LogP contribution < -0.4 is 20.7 Å². The van der Waals surface area contributed by atoms with Gasteiger partial charge in [-0.15, -0.1) is 0 Å². The normalized spacial score (nSPS) is 22.1. The van der Waals surface area contributed by atoms with Crippen molar-refractivity contribution in [2.45, 2.75) is 26.2 Å². The van der Waals surface area contributed by atoms with Gasteiger partial charge >= 0.3 is 0 Å². The Labute approximate surface area is 216 Å². The van der Waals surface area contributed by atoms with Crippen LogP contribution in [-0.4, -0.2) is 62.0 Å². The molecule has 2 aliphatic rings. The lowest BCUT2D eigenvalue weighted by molar-refractivity contribution is -0.135. The number of halogens is 1. The van der Waals surface area contributed by atoms with Gasteiger partial charge in [0.1, 0.15) is 18.2 Å². The molecule has 2 heterocycles. The fraction of sp³-hybridized carbons (Fsp3) is 0.393. The van der Waals surface area contributed by atoms with Crippen molar-refractivity contribution in [3.63, 3.8) is 0 Å². The van der Waals surface area contributed by atoms with E-state index in [9.17, 15) is 18.8 Å². The van der Waals surface area contributed by atoms with E-state index in [4.69, 9.17) is 4.74 Å². The van der Waals surface area contributed by atoms with Crippen molar-refractivity contribution >= 4 is 23.4 Å². The molecule has 1 atom stereocenters. The van der Waals surface area contributed by atoms with Crippen molar-refractivity contribution in [2.75, 3.05) is 44.6 Å². The number of carbonyl (C=O) groups excluding carboxylic acids is 3. The number of fused-ring (bicyclic) bond motifs is 1. The van der Waals surface area contributed by atoms with Crippen molar-refractivity contribution in [3.05, 3.63) is 71.6 Å². The first-order valence-corrected chi connectivity index (χ1v) is 12.6. The van der Waals surface area contributed by atoms with Gasteiger partial charge in [0.25, 0.3) is 5.91 Å². The van der Waals surface area contributed by atoms with Crippen molar-refractivity contribution in [2.24, 2.45) is 5.41 Å². The van der Waals surface area contributed by atoms with Gasteiger partial charge in [-0.25, -0.2) is 4.39 Å². The molecule has 1 unspecified atom stereocenters. The molecule has 0 bridgehead atoms. The van der Waals surface area contributed by atoms with Gasteiger partial charge in [0.05, 0.1) is 17.5 Å². The number of anilines is 1. The van der Waals surface area contributed by atoms with E-state index in [1.165, 1.54) is 6.07 Å². The van der Waals surface area contributed by atoms with Gasteiger partial charge in [0.2, 0.25) is 11.8 Å². The smallest absolute Gasteiger partial charge is 0.255 e. The molecular weight excluding hydrogens is 475 g/mol. The molecule has 2 aromatic rings. The fourth-order valence-corrected chi connectivity index (χ4v) is 4.81. The highest BCUT2D eigenvalue weighted by atomic mass is 19.1. The number of aryl methyl sites for hydroxylation is 1. The fourth-order valence-electron chi connectivity index (χ4n) is 4.81. The van der Waals surface area contributed by atoms with E-state index >= 15 is 0 Å². The zero-order valence-corrected chi connectivity index (χ0v) is 21.0. The number of allylic oxidation sites excluding steroid dienone is 1. The summed E-state index contributed by atoms with van der Waals surface area (Å²) >= 11 is 0. The van der Waals surface area contributed by atoms with Crippen molar-refractivity contribution in [1.82, 2.24) is 15.5 Å². The van der Waals surface area contributed by atoms with E-state index in [-0.39, 0.29) is 43.2 Å². The van der Waals surface area contributed by atoms with Gasteiger partial charge in [-0.3, -0.25) is 19.3 Å². The molecule has 1 spiro atoms. The predicted molar refractivity (Wildman–Crippen MR) is 139 cm³/mol. The number of para-hydroxylation sites is 1. The standard InChI is InChI=1S/C28H33FN4O4/c1-20-9-10-21(17-23(20)29)32-25(34)18-33-15-6-12-28(19-33)11-4-5-16-37-24-8-3-2-7-22(24)26(35)30-13-14-31-27(28)36/h2-5,7-10,17H,6,11-16,18-19H2,1H3,(H,30,35)(H,31,36)(H,32,34)/b5-4-. The Kier molecular flexibility index (Phi) is 8.55. The van der Waals surface area contributed by atoms with Crippen LogP contribution in [0.2, 0.25) is 0 Å². The van der Waals surface area contributed by atoms with E-state index < -0.39 is 5.41 Å². The maximum Gasteiger partial charge on any atom is 0.255 e. The molecule has 2 aromatic carbocycles. The molecule has 0 aromatic heterocycles. The number of piperidine rings is 1. The van der Waals surface area contributed by atoms with Crippen LogP contribution in [0.5, 0.6) is 5.75 Å². The molecule has 3 N–H and O–H groups in total. The Hall–Kier alpha value is -3.72. The highest BCUT2D eigenvalue weighted by molar-refractivity contribution is 5.97. The maximum absolute atomic E-state index is 13.9. The van der Waals surface area contributed by atoms with Crippen LogP contribution in [0.1, 0.15) is 35.2 Å². The Morgan fingerprint density at radius 2 is 1.95 bits per heavy atom. The zero-order valence-electron chi connectivity index (χ0n) is 21.0. The summed E-state index contributed by atoms with van der Waals surface area (Å²) in [6.45, 7) is 3.70. The average molecular weight is 509 g/mol. The number of likely N-dealkylation sites (tertiary alicyclic amines) is 1. The molecule has 1 fully saturated rings. The second-order valence-electron chi connectivity index (χ2n) is 9.60. The lowest BCUT2D eigenvalue weighted by Gasteiger charge is -2.41. The van der Waals surface area contributed by atoms with Crippen LogP contribution in [0.15, 0.2) is 54.6 Å². The van der Waals surface area contributed by atoms with Crippen LogP contribution in [0.4, 0.5) is 10.1 Å². The summed E-state index contributed by atoms with van der Waals surface area (Å²) in [7, 11) is 0. The molecule has 2 aliphatic heterocycles. The number of amides is 3. The van der Waals surface area contributed by atoms with Gasteiger partial charge in [-0.1, -0.05) is 30.4 Å². The molecule has 1 saturated heterocycles. The van der Waals surface area contributed by atoms with E-state index in [0.29, 0.717) is 55.0 Å². The maximum atomic E-state index is 13.9. The van der Waals surface area contributed by atoms with Crippen LogP contribution in [0.25, 0.3) is 0 Å². The summed E-state index contributed by atoms with van der Waals surface area (Å²) in [6.07, 6.45) is 5.73. The third-order valence-corrected chi connectivity index (χ3v) is 6.80. The van der Waals surface area contributed by atoms with Crippen LogP contribution in [0.3, 0.4) is 0 Å². The molecule has 196 valence electrons. The van der Waals surface area contributed by atoms with Crippen LogP contribution >= 0.6 is 0 Å². The van der Waals surface area contributed by atoms with Gasteiger partial charge in [-0.05, 0) is 62.6 Å². The van der Waals surface area contributed by atoms with Crippen molar-refractivity contribution in [3.8, 4) is 5.75 Å². The van der Waals surface area contributed by atoms with E-state index in [2.05, 4.69) is 16.0 Å². The third kappa shape index (κ3) is 6.74. The number of carbonyl (C=O) groups is 3. The summed E-state index contributed by atoms with van der Waals surface area (Å²) in [5, 5.41) is 8.56. The second kappa shape index (κ2) is 12.0. The highest BCUT2D eigenvalue weighted by Crippen LogP contribution is 2.34. The van der Waals surface area contributed by atoms with E-state index in [1.54, 1.807) is 37.3 Å². The van der Waals surface area contributed by atoms with Crippen LogP contribution in [-0.2, 0) is 9.59 Å². The van der Waals surface area contributed by atoms with Crippen molar-refractivity contribution < 1.29 is 23.5 Å². The minimum Gasteiger partial charge on any atom is -0.489 e. The Balaban J connectivity index is 1.43. The van der Waals surface area contributed by atoms with E-state index in [0.717, 1.165) is 6.42 Å². The second-order valence-corrected chi connectivity index (χ2v) is 9.60. The number of hydrogen-bond donors (Lipinski definition) is 3. The molecule has 3 amide bonds. The monoisotopic (exact) mass is 508 g/mol. The zero-order chi connectivity index (χ0) is 26.3. The SMILES string of the molecule is Cc1ccc(NC(=O)CN2CCCC3(C/C=C\COc4ccccc4C(=O)NCCNC3=O)C2)cc1F. The minimum atomic E-state index is -0.711. The molecule has 0 radical (unpaired) electrons. The first-order chi connectivity index (χ1) is 17.9. The molecule has 37 heavy (non-hydrogen) atoms. The molecule has 0 aliphatic carbocycles. The third-order valence-electron chi connectivity index (χ3n) is 6.80. The number of nitrogens with one attached hydrogen (secondary N) is 3. The first-order valence-electron chi connectivity index (χ1n) is 12.6. The number of ether oxygens (including phenoxy) is 1. The largest absolute Gasteiger partial charge is 0.489 e. The highest BCUT2D eigenvalue weighted by Gasteiger charge is 2.41. The minimum absolute atomic E-state index is 0.101. The molecule has 4 rings (SSSR count). The Morgan fingerprint density at radius 3 is 2.78 bits per heavy atom. The van der Waals surface area contributed by atoms with Crippen LogP contribution in [0, 0.1) is 18.2 Å². The van der Waals surface area contributed by atoms with Gasteiger partial charge in [0.15, 0.2) is 0 Å². The molecule has 8 nitrogen and oxygen atoms in total. The Bertz CT molecular complexity index is 1180. The molecular formula is C28H33FN4O4. The lowest BCUT2D eigenvalue weighted by atomic mass is 9.76. The first kappa shape index (κ1) is 26.3. The summed E-state index contributed by atoms with van der Waals surface area (Å²) in [5.74, 6) is -0.489. The van der Waals surface area contributed by atoms with Crippen molar-refractivity contribution in [1.29, 1.82) is 0 Å². The van der Waals surface area contributed by atoms with E-state index in [1.807, 2.05) is 23.1 Å². The topological polar surface area (TPSA) is 99.8 Å². The van der Waals surface area contributed by atoms with Gasteiger partial charge < -0.3 is 20.7 Å². The quantitative estimate of drug-likeness (QED) is 0.554. The van der Waals surface area contributed by atoms with Gasteiger partial charge in [-0.2, -0.15) is 0 Å². The summed E-state index contributed by atoms with van der Waals surface area (Å²) in [5.41, 5.74) is 0.655. The van der Waals surface area contributed by atoms with Gasteiger partial charge in [0, 0.05) is 25.3 Å². The number of rotatable bonds is 3.